The molecule has 9 nitrogen and oxygen atoms in total. The van der Waals surface area contributed by atoms with Gasteiger partial charge in [-0.1, -0.05) is 30.1 Å². The maximum Gasteiger partial charge on any atom is 0.317 e. The Morgan fingerprint density at radius 3 is 2.80 bits per heavy atom. The molecule has 0 unspecified atom stereocenters. The van der Waals surface area contributed by atoms with Crippen LogP contribution in [-0.2, 0) is 0 Å². The first kappa shape index (κ1) is 18.5. The normalized spacial score (nSPS) is 17.0. The Bertz CT molecular complexity index is 1010. The number of benzene rings is 1. The summed E-state index contributed by atoms with van der Waals surface area (Å²) in [7, 11) is 0. The van der Waals surface area contributed by atoms with E-state index < -0.39 is 0 Å². The molecule has 2 fully saturated rings. The molecule has 2 aliphatic rings. The molecule has 1 saturated heterocycles. The quantitative estimate of drug-likeness (QED) is 0.694. The van der Waals surface area contributed by atoms with Crippen LogP contribution in [-0.4, -0.2) is 56.3 Å². The van der Waals surface area contributed by atoms with Crippen molar-refractivity contribution in [2.45, 2.75) is 37.8 Å². The third-order valence-electron chi connectivity index (χ3n) is 5.45. The van der Waals surface area contributed by atoms with Gasteiger partial charge in [-0.15, -0.1) is 0 Å². The number of amides is 2. The summed E-state index contributed by atoms with van der Waals surface area (Å²) < 4.78 is 11.6. The van der Waals surface area contributed by atoms with Gasteiger partial charge in [-0.05, 0) is 25.0 Å². The molecule has 0 bridgehead atoms. The molecule has 1 aliphatic heterocycles. The summed E-state index contributed by atoms with van der Waals surface area (Å²) >= 11 is 0. The van der Waals surface area contributed by atoms with E-state index in [-0.39, 0.29) is 12.1 Å². The lowest BCUT2D eigenvalue weighted by atomic mass is 10.1. The molecular weight excluding hydrogens is 384 g/mol. The summed E-state index contributed by atoms with van der Waals surface area (Å²) in [6.45, 7) is 1.11. The number of hydrogen-bond donors (Lipinski definition) is 1. The van der Waals surface area contributed by atoms with Gasteiger partial charge >= 0.3 is 6.03 Å². The lowest BCUT2D eigenvalue weighted by Gasteiger charge is -2.39. The number of carbonyl (C=O) groups is 1. The molecule has 0 spiro atoms. The van der Waals surface area contributed by atoms with E-state index in [9.17, 15) is 4.79 Å². The summed E-state index contributed by atoms with van der Waals surface area (Å²) in [6.07, 6.45) is 9.22. The SMILES string of the molecule is O=C(NC1CCCC1)N1CC(Oc2ccccc2-c2nc(-c3cnccn3)no2)C1. The van der Waals surface area contributed by atoms with Gasteiger partial charge in [0.2, 0.25) is 5.82 Å². The number of rotatable bonds is 5. The summed E-state index contributed by atoms with van der Waals surface area (Å²) in [6, 6.07) is 7.83. The molecule has 0 atom stereocenters. The molecule has 1 N–H and O–H groups in total. The summed E-state index contributed by atoms with van der Waals surface area (Å²) in [5.41, 5.74) is 1.24. The van der Waals surface area contributed by atoms with Crippen molar-refractivity contribution in [1.29, 1.82) is 0 Å². The van der Waals surface area contributed by atoms with E-state index in [1.807, 2.05) is 24.3 Å². The Balaban J connectivity index is 1.23. The van der Waals surface area contributed by atoms with Crippen molar-refractivity contribution in [3.63, 3.8) is 0 Å². The van der Waals surface area contributed by atoms with Crippen molar-refractivity contribution in [2.75, 3.05) is 13.1 Å². The van der Waals surface area contributed by atoms with E-state index in [0.29, 0.717) is 47.9 Å². The van der Waals surface area contributed by atoms with Crippen LogP contribution in [0.3, 0.4) is 0 Å². The number of hydrogen-bond acceptors (Lipinski definition) is 7. The number of para-hydroxylation sites is 1. The first-order chi connectivity index (χ1) is 14.8. The number of ether oxygens (including phenoxy) is 1. The van der Waals surface area contributed by atoms with E-state index in [1.54, 1.807) is 23.5 Å². The monoisotopic (exact) mass is 406 g/mol. The van der Waals surface area contributed by atoms with E-state index in [0.717, 1.165) is 12.8 Å². The molecule has 5 rings (SSSR count). The number of nitrogens with one attached hydrogen (secondary N) is 1. The van der Waals surface area contributed by atoms with Crippen LogP contribution < -0.4 is 10.1 Å². The fraction of sp³-hybridized carbons (Fsp3) is 0.381. The topological polar surface area (TPSA) is 106 Å². The molecule has 1 saturated carbocycles. The van der Waals surface area contributed by atoms with Crippen LogP contribution in [0.2, 0.25) is 0 Å². The van der Waals surface area contributed by atoms with Crippen LogP contribution in [0.15, 0.2) is 47.4 Å². The number of carbonyl (C=O) groups excluding carboxylic acids is 1. The zero-order valence-corrected chi connectivity index (χ0v) is 16.4. The molecule has 3 aromatic rings. The van der Waals surface area contributed by atoms with Gasteiger partial charge in [-0.2, -0.15) is 4.98 Å². The minimum atomic E-state index is -0.0668. The van der Waals surface area contributed by atoms with E-state index in [1.165, 1.54) is 12.8 Å². The highest BCUT2D eigenvalue weighted by Crippen LogP contribution is 2.31. The molecule has 9 heteroatoms. The van der Waals surface area contributed by atoms with E-state index in [4.69, 9.17) is 9.26 Å². The molecule has 2 aromatic heterocycles. The number of likely N-dealkylation sites (tertiary alicyclic amines) is 1. The van der Waals surface area contributed by atoms with Crippen LogP contribution in [0.5, 0.6) is 5.75 Å². The summed E-state index contributed by atoms with van der Waals surface area (Å²) in [4.78, 5) is 26.7. The highest BCUT2D eigenvalue weighted by Gasteiger charge is 2.34. The predicted molar refractivity (Wildman–Crippen MR) is 108 cm³/mol. The lowest BCUT2D eigenvalue weighted by Crippen LogP contribution is -2.59. The number of aromatic nitrogens is 4. The highest BCUT2D eigenvalue weighted by atomic mass is 16.5. The van der Waals surface area contributed by atoms with Crippen molar-refractivity contribution in [1.82, 2.24) is 30.3 Å². The maximum absolute atomic E-state index is 12.3. The fourth-order valence-corrected chi connectivity index (χ4v) is 3.79. The molecule has 1 aliphatic carbocycles. The Morgan fingerprint density at radius 2 is 2.00 bits per heavy atom. The third kappa shape index (κ3) is 3.83. The largest absolute Gasteiger partial charge is 0.486 e. The van der Waals surface area contributed by atoms with Crippen LogP contribution in [0, 0.1) is 0 Å². The Morgan fingerprint density at radius 1 is 1.17 bits per heavy atom. The van der Waals surface area contributed by atoms with Gasteiger partial charge in [0.1, 0.15) is 17.5 Å². The first-order valence-electron chi connectivity index (χ1n) is 10.2. The van der Waals surface area contributed by atoms with Gasteiger partial charge in [0.05, 0.1) is 24.8 Å². The molecular formula is C21H22N6O3. The van der Waals surface area contributed by atoms with Crippen molar-refractivity contribution in [3.05, 3.63) is 42.9 Å². The van der Waals surface area contributed by atoms with Crippen LogP contribution in [0.25, 0.3) is 23.0 Å². The summed E-state index contributed by atoms with van der Waals surface area (Å²) in [5.74, 6) is 1.36. The van der Waals surface area contributed by atoms with E-state index >= 15 is 0 Å². The predicted octanol–water partition coefficient (Wildman–Crippen LogP) is 2.91. The Labute approximate surface area is 173 Å². The minimum absolute atomic E-state index is 0.000508. The smallest absolute Gasteiger partial charge is 0.317 e. The van der Waals surface area contributed by atoms with Crippen molar-refractivity contribution in [2.24, 2.45) is 0 Å². The highest BCUT2D eigenvalue weighted by molar-refractivity contribution is 5.75. The van der Waals surface area contributed by atoms with Gasteiger partial charge < -0.3 is 19.5 Å². The van der Waals surface area contributed by atoms with Crippen LogP contribution in [0.1, 0.15) is 25.7 Å². The standard InChI is InChI=1S/C21H22N6O3/c28-21(24-14-5-1-2-6-14)27-12-15(13-27)29-18-8-4-3-7-16(18)20-25-19(26-30-20)17-11-22-9-10-23-17/h3-4,7-11,14-15H,1-2,5-6,12-13H2,(H,24,28). The molecule has 30 heavy (non-hydrogen) atoms. The van der Waals surface area contributed by atoms with Gasteiger partial charge in [0, 0.05) is 18.4 Å². The number of nitrogens with zero attached hydrogens (tertiary/aromatic N) is 5. The van der Waals surface area contributed by atoms with Gasteiger partial charge in [0.15, 0.2) is 0 Å². The summed E-state index contributed by atoms with van der Waals surface area (Å²) in [5, 5.41) is 7.10. The maximum atomic E-state index is 12.3. The van der Waals surface area contributed by atoms with E-state index in [2.05, 4.69) is 25.4 Å². The average molecular weight is 406 g/mol. The van der Waals surface area contributed by atoms with Crippen LogP contribution >= 0.6 is 0 Å². The Hall–Kier alpha value is -3.49. The average Bonchev–Trinajstić information content (AvgIpc) is 3.43. The van der Waals surface area contributed by atoms with Gasteiger partial charge in [-0.3, -0.25) is 4.98 Å². The van der Waals surface area contributed by atoms with Gasteiger partial charge in [0.25, 0.3) is 5.89 Å². The first-order valence-corrected chi connectivity index (χ1v) is 10.2. The lowest BCUT2D eigenvalue weighted by molar-refractivity contribution is 0.0438. The third-order valence-corrected chi connectivity index (χ3v) is 5.45. The molecule has 1 aromatic carbocycles. The molecule has 154 valence electrons. The molecule has 3 heterocycles. The van der Waals surface area contributed by atoms with Crippen molar-refractivity contribution >= 4 is 6.03 Å². The van der Waals surface area contributed by atoms with Crippen molar-refractivity contribution < 1.29 is 14.1 Å². The van der Waals surface area contributed by atoms with Gasteiger partial charge in [-0.25, -0.2) is 9.78 Å². The minimum Gasteiger partial charge on any atom is -0.486 e. The molecule has 0 radical (unpaired) electrons. The molecule has 2 amide bonds. The second-order valence-electron chi connectivity index (χ2n) is 7.59. The van der Waals surface area contributed by atoms with Crippen molar-refractivity contribution in [3.8, 4) is 28.7 Å². The Kier molecular flexibility index (Phi) is 5.00. The fourth-order valence-electron chi connectivity index (χ4n) is 3.79. The zero-order valence-electron chi connectivity index (χ0n) is 16.4. The second-order valence-corrected chi connectivity index (χ2v) is 7.59. The zero-order chi connectivity index (χ0) is 20.3. The number of urea groups is 1. The second kappa shape index (κ2) is 8.10. The van der Waals surface area contributed by atoms with Crippen LogP contribution in [0.4, 0.5) is 4.79 Å².